The van der Waals surface area contributed by atoms with Gasteiger partial charge in [-0.15, -0.1) is 0 Å². The van der Waals surface area contributed by atoms with Gasteiger partial charge in [-0.05, 0) is 42.6 Å². The lowest BCUT2D eigenvalue weighted by atomic mass is 9.88. The molecule has 1 aliphatic rings. The fourth-order valence-electron chi connectivity index (χ4n) is 3.32. The molecule has 5 nitrogen and oxygen atoms in total. The molecule has 1 aliphatic heterocycles. The molecular formula is C20H33N3O2. The van der Waals surface area contributed by atoms with E-state index in [1.807, 2.05) is 24.3 Å². The number of aliphatic hydroxyl groups excluding tert-OH is 1. The van der Waals surface area contributed by atoms with E-state index < -0.39 is 0 Å². The lowest BCUT2D eigenvalue weighted by molar-refractivity contribution is 0.0897. The first-order valence-electron chi connectivity index (χ1n) is 9.31. The number of nitrogens with one attached hydrogen (secondary N) is 1. The van der Waals surface area contributed by atoms with E-state index in [1.54, 1.807) is 0 Å². The van der Waals surface area contributed by atoms with Gasteiger partial charge in [0, 0.05) is 37.4 Å². The number of rotatable bonds is 6. The molecule has 140 valence electrons. The van der Waals surface area contributed by atoms with Gasteiger partial charge >= 0.3 is 0 Å². The number of carbonyl (C=O) groups excluding carboxylic acids is 1. The third-order valence-corrected chi connectivity index (χ3v) is 4.73. The molecule has 1 atom stereocenters. The third kappa shape index (κ3) is 6.01. The van der Waals surface area contributed by atoms with Crippen molar-refractivity contribution in [1.82, 2.24) is 10.2 Å². The highest BCUT2D eigenvalue weighted by molar-refractivity contribution is 5.94. The Morgan fingerprint density at radius 1 is 1.16 bits per heavy atom. The predicted octanol–water partition coefficient (Wildman–Crippen LogP) is 2.36. The van der Waals surface area contributed by atoms with E-state index in [-0.39, 0.29) is 24.0 Å². The Kier molecular flexibility index (Phi) is 6.85. The van der Waals surface area contributed by atoms with E-state index >= 15 is 0 Å². The van der Waals surface area contributed by atoms with Crippen molar-refractivity contribution in [3.8, 4) is 0 Å². The quantitative estimate of drug-likeness (QED) is 0.829. The average molecular weight is 348 g/mol. The van der Waals surface area contributed by atoms with Gasteiger partial charge in [0.15, 0.2) is 0 Å². The highest BCUT2D eigenvalue weighted by Gasteiger charge is 2.21. The average Bonchev–Trinajstić information content (AvgIpc) is 2.60. The number of hydrogen-bond donors (Lipinski definition) is 2. The Hall–Kier alpha value is -1.59. The molecule has 0 radical (unpaired) electrons. The monoisotopic (exact) mass is 347 g/mol. The molecule has 1 fully saturated rings. The van der Waals surface area contributed by atoms with Crippen molar-refractivity contribution in [3.63, 3.8) is 0 Å². The molecule has 0 spiro atoms. The second-order valence-corrected chi connectivity index (χ2v) is 8.09. The molecule has 1 aromatic rings. The minimum absolute atomic E-state index is 0.0389. The summed E-state index contributed by atoms with van der Waals surface area (Å²) < 4.78 is 0. The van der Waals surface area contributed by atoms with Crippen LogP contribution in [0.25, 0.3) is 0 Å². The topological polar surface area (TPSA) is 55.8 Å². The highest BCUT2D eigenvalue weighted by atomic mass is 16.3. The largest absolute Gasteiger partial charge is 0.394 e. The van der Waals surface area contributed by atoms with Crippen LogP contribution in [0.15, 0.2) is 24.3 Å². The Balaban J connectivity index is 1.93. The number of benzene rings is 1. The van der Waals surface area contributed by atoms with E-state index in [0.717, 1.165) is 39.1 Å². The minimum Gasteiger partial charge on any atom is -0.394 e. The van der Waals surface area contributed by atoms with Gasteiger partial charge in [-0.1, -0.05) is 27.7 Å². The summed E-state index contributed by atoms with van der Waals surface area (Å²) in [6.45, 7) is 13.8. The van der Waals surface area contributed by atoms with Gasteiger partial charge in [0.2, 0.25) is 0 Å². The van der Waals surface area contributed by atoms with Crippen LogP contribution < -0.4 is 10.2 Å². The van der Waals surface area contributed by atoms with E-state index in [2.05, 4.69) is 42.8 Å². The smallest absolute Gasteiger partial charge is 0.251 e. The molecule has 2 rings (SSSR count). The molecule has 1 aromatic carbocycles. The molecule has 0 bridgehead atoms. The number of anilines is 1. The van der Waals surface area contributed by atoms with Crippen molar-refractivity contribution < 1.29 is 9.90 Å². The molecule has 1 saturated heterocycles. The zero-order valence-electron chi connectivity index (χ0n) is 16.1. The lowest BCUT2D eigenvalue weighted by Crippen LogP contribution is -2.46. The fraction of sp³-hybridized carbons (Fsp3) is 0.650. The third-order valence-electron chi connectivity index (χ3n) is 4.73. The second-order valence-electron chi connectivity index (χ2n) is 8.09. The maximum atomic E-state index is 12.4. The van der Waals surface area contributed by atoms with Crippen LogP contribution in [0.1, 0.15) is 44.5 Å². The fourth-order valence-corrected chi connectivity index (χ4v) is 3.32. The van der Waals surface area contributed by atoms with Crippen LogP contribution >= 0.6 is 0 Å². The van der Waals surface area contributed by atoms with Crippen LogP contribution in [0, 0.1) is 5.41 Å². The predicted molar refractivity (Wildman–Crippen MR) is 103 cm³/mol. The Bertz CT molecular complexity index is 543. The standard InChI is InChI=1S/C20H33N3O2/c1-5-22-10-12-23(13-11-22)18-8-6-16(7-9-18)19(25)21-17(15-24)14-20(2,3)4/h6-9,17,24H,5,10-15H2,1-4H3,(H,21,25). The number of carbonyl (C=O) groups is 1. The van der Waals surface area contributed by atoms with Gasteiger partial charge in [-0.25, -0.2) is 0 Å². The molecule has 1 unspecified atom stereocenters. The Labute approximate surface area is 152 Å². The molecule has 1 amide bonds. The van der Waals surface area contributed by atoms with Crippen molar-refractivity contribution in [3.05, 3.63) is 29.8 Å². The van der Waals surface area contributed by atoms with Crippen molar-refractivity contribution in [2.75, 3.05) is 44.2 Å². The molecule has 0 aliphatic carbocycles. The summed E-state index contributed by atoms with van der Waals surface area (Å²) in [5.41, 5.74) is 1.87. The van der Waals surface area contributed by atoms with Gasteiger partial charge in [0.25, 0.3) is 5.91 Å². The number of piperazine rings is 1. The van der Waals surface area contributed by atoms with Crippen LogP contribution in [0.5, 0.6) is 0 Å². The van der Waals surface area contributed by atoms with Gasteiger partial charge in [-0.3, -0.25) is 4.79 Å². The molecule has 0 aromatic heterocycles. The first-order valence-corrected chi connectivity index (χ1v) is 9.31. The summed E-state index contributed by atoms with van der Waals surface area (Å²) in [5.74, 6) is -0.120. The summed E-state index contributed by atoms with van der Waals surface area (Å²) in [6.07, 6.45) is 0.745. The Morgan fingerprint density at radius 2 is 1.76 bits per heavy atom. The van der Waals surface area contributed by atoms with Crippen molar-refractivity contribution in [1.29, 1.82) is 0 Å². The summed E-state index contributed by atoms with van der Waals surface area (Å²) in [6, 6.07) is 7.59. The number of aliphatic hydroxyl groups is 1. The normalized spacial score (nSPS) is 17.4. The van der Waals surface area contributed by atoms with Crippen molar-refractivity contribution in [2.24, 2.45) is 5.41 Å². The van der Waals surface area contributed by atoms with Crippen molar-refractivity contribution in [2.45, 2.75) is 40.2 Å². The SMILES string of the molecule is CCN1CCN(c2ccc(C(=O)NC(CO)CC(C)(C)C)cc2)CC1. The highest BCUT2D eigenvalue weighted by Crippen LogP contribution is 2.21. The van der Waals surface area contributed by atoms with E-state index in [4.69, 9.17) is 0 Å². The van der Waals surface area contributed by atoms with E-state index in [0.29, 0.717) is 5.56 Å². The molecule has 25 heavy (non-hydrogen) atoms. The van der Waals surface area contributed by atoms with E-state index in [1.165, 1.54) is 5.69 Å². The van der Waals surface area contributed by atoms with Crippen LogP contribution in [0.2, 0.25) is 0 Å². The minimum atomic E-state index is -0.214. The molecular weight excluding hydrogens is 314 g/mol. The van der Waals surface area contributed by atoms with Crippen LogP contribution in [0.4, 0.5) is 5.69 Å². The van der Waals surface area contributed by atoms with Crippen LogP contribution in [0.3, 0.4) is 0 Å². The first kappa shape index (κ1) is 19.7. The zero-order chi connectivity index (χ0) is 18.4. The van der Waals surface area contributed by atoms with Gasteiger partial charge in [-0.2, -0.15) is 0 Å². The maximum absolute atomic E-state index is 12.4. The Morgan fingerprint density at radius 3 is 2.24 bits per heavy atom. The lowest BCUT2D eigenvalue weighted by Gasteiger charge is -2.35. The zero-order valence-corrected chi connectivity index (χ0v) is 16.1. The second kappa shape index (κ2) is 8.68. The summed E-state index contributed by atoms with van der Waals surface area (Å²) in [4.78, 5) is 17.2. The maximum Gasteiger partial charge on any atom is 0.251 e. The number of nitrogens with zero attached hydrogens (tertiary/aromatic N) is 2. The van der Waals surface area contributed by atoms with Crippen molar-refractivity contribution >= 4 is 11.6 Å². The first-order chi connectivity index (χ1) is 11.8. The summed E-state index contributed by atoms with van der Waals surface area (Å²) in [7, 11) is 0. The number of amides is 1. The number of hydrogen-bond acceptors (Lipinski definition) is 4. The molecule has 2 N–H and O–H groups in total. The molecule has 0 saturated carbocycles. The van der Waals surface area contributed by atoms with Crippen LogP contribution in [-0.4, -0.2) is 61.3 Å². The molecule has 5 heteroatoms. The molecule has 1 heterocycles. The van der Waals surface area contributed by atoms with E-state index in [9.17, 15) is 9.90 Å². The summed E-state index contributed by atoms with van der Waals surface area (Å²) >= 11 is 0. The van der Waals surface area contributed by atoms with Gasteiger partial charge in [0.05, 0.1) is 12.6 Å². The van der Waals surface area contributed by atoms with Gasteiger partial charge in [0.1, 0.15) is 0 Å². The van der Waals surface area contributed by atoms with Crippen LogP contribution in [-0.2, 0) is 0 Å². The summed E-state index contributed by atoms with van der Waals surface area (Å²) in [5, 5.41) is 12.5. The number of likely N-dealkylation sites (N-methyl/N-ethyl adjacent to an activating group) is 1. The van der Waals surface area contributed by atoms with Gasteiger partial charge < -0.3 is 20.2 Å².